The van der Waals surface area contributed by atoms with E-state index in [-0.39, 0.29) is 24.7 Å². The van der Waals surface area contributed by atoms with E-state index in [2.05, 4.69) is 20.8 Å². The van der Waals surface area contributed by atoms with Gasteiger partial charge in [0.05, 0.1) is 47.2 Å². The molecule has 0 saturated carbocycles. The first-order valence-electron chi connectivity index (χ1n) is 11.1. The second-order valence-corrected chi connectivity index (χ2v) is 9.61. The normalized spacial score (nSPS) is 11.1. The van der Waals surface area contributed by atoms with Gasteiger partial charge in [-0.15, -0.1) is 0 Å². The molecule has 0 amide bonds. The van der Waals surface area contributed by atoms with Gasteiger partial charge in [-0.1, -0.05) is 35.3 Å². The molecule has 0 fully saturated rings. The Bertz CT molecular complexity index is 1320. The molecule has 0 aliphatic carbocycles. The van der Waals surface area contributed by atoms with Crippen LogP contribution in [0.4, 0.5) is 20.2 Å². The van der Waals surface area contributed by atoms with Crippen molar-refractivity contribution in [2.45, 2.75) is 40.8 Å². The van der Waals surface area contributed by atoms with E-state index in [0.29, 0.717) is 49.0 Å². The fourth-order valence-electron chi connectivity index (χ4n) is 3.99. The number of rotatable bonds is 6. The molecule has 2 N–H and O–H groups in total. The van der Waals surface area contributed by atoms with Crippen molar-refractivity contribution in [2.24, 2.45) is 0 Å². The van der Waals surface area contributed by atoms with Gasteiger partial charge in [0, 0.05) is 21.2 Å². The Morgan fingerprint density at radius 2 is 1.17 bits per heavy atom. The van der Waals surface area contributed by atoms with E-state index in [1.165, 1.54) is 12.1 Å². The Morgan fingerprint density at radius 1 is 0.778 bits per heavy atom. The van der Waals surface area contributed by atoms with Gasteiger partial charge in [-0.2, -0.15) is 10.2 Å². The van der Waals surface area contributed by atoms with Crippen molar-refractivity contribution in [1.29, 1.82) is 0 Å². The topological polar surface area (TPSA) is 59.7 Å². The molecular weight excluding hydrogens is 525 g/mol. The zero-order valence-corrected chi connectivity index (χ0v) is 22.4. The average molecular weight is 549 g/mol. The third kappa shape index (κ3) is 5.23. The molecule has 4 aromatic rings. The van der Waals surface area contributed by atoms with Crippen molar-refractivity contribution in [3.63, 3.8) is 0 Å². The summed E-state index contributed by atoms with van der Waals surface area (Å²) in [5.74, 6) is -0.775. The minimum Gasteiger partial charge on any atom is -0.329 e. The van der Waals surface area contributed by atoms with Crippen LogP contribution in [0.15, 0.2) is 36.4 Å². The predicted molar refractivity (Wildman–Crippen MR) is 144 cm³/mol. The number of hydrogen-bond acceptors (Lipinski definition) is 3. The third-order valence-corrected chi connectivity index (χ3v) is 6.89. The molecule has 2 aromatic carbocycles. The summed E-state index contributed by atoms with van der Waals surface area (Å²) in [4.78, 5) is 0. The van der Waals surface area contributed by atoms with Crippen molar-refractivity contribution < 1.29 is 8.78 Å². The Hall–Kier alpha value is -3.01. The van der Waals surface area contributed by atoms with Gasteiger partial charge in [0.2, 0.25) is 0 Å². The van der Waals surface area contributed by atoms with Gasteiger partial charge >= 0.3 is 0 Å². The predicted octanol–water partition coefficient (Wildman–Crippen LogP) is 6.80. The molecule has 0 bridgehead atoms. The van der Waals surface area contributed by atoms with E-state index in [0.717, 1.165) is 11.4 Å². The Morgan fingerprint density at radius 3 is 1.53 bits per heavy atom. The molecule has 0 atom stereocenters. The lowest BCUT2D eigenvalue weighted by atomic mass is 10.2. The van der Waals surface area contributed by atoms with E-state index < -0.39 is 0 Å². The average Bonchev–Trinajstić information content (AvgIpc) is 3.23. The van der Waals surface area contributed by atoms with Gasteiger partial charge in [0.25, 0.3) is 0 Å². The van der Waals surface area contributed by atoms with Crippen molar-refractivity contribution in [2.75, 3.05) is 10.6 Å². The number of aromatic nitrogens is 4. The quantitative estimate of drug-likeness (QED) is 0.259. The minimum atomic E-state index is -0.388. The van der Waals surface area contributed by atoms with Gasteiger partial charge in [0.1, 0.15) is 11.6 Å². The second-order valence-electron chi connectivity index (χ2n) is 8.39. The first kappa shape index (κ1) is 26.1. The van der Waals surface area contributed by atoms with E-state index in [1.807, 2.05) is 27.7 Å². The maximum Gasteiger partial charge on any atom is 0.175 e. The molecule has 0 radical (unpaired) electrons. The first-order chi connectivity index (χ1) is 17.1. The number of halogens is 4. The Labute approximate surface area is 223 Å². The molecule has 0 unspecified atom stereocenters. The second kappa shape index (κ2) is 10.5. The Balaban J connectivity index is 1.52. The van der Waals surface area contributed by atoms with Crippen LogP contribution in [0.5, 0.6) is 0 Å². The lowest BCUT2D eigenvalue weighted by Gasteiger charge is -2.13. The molecule has 6 nitrogen and oxygen atoms in total. The standard InChI is InChI=1S/C25H24Cl2F2N6S/c1-13-23(15(3)34(32-13)11-17-19(26)7-5-9-21(17)28)30-25(36)31-24-14(2)33-35(16(24)4)12-18-20(27)8-6-10-22(18)29/h5-10H,11-12H2,1-4H3,(H2,30,31,36). The molecule has 4 rings (SSSR count). The number of hydrogen-bond donors (Lipinski definition) is 2. The van der Waals surface area contributed by atoms with Gasteiger partial charge in [-0.3, -0.25) is 9.36 Å². The fraction of sp³-hybridized carbons (Fsp3) is 0.240. The van der Waals surface area contributed by atoms with Gasteiger partial charge < -0.3 is 10.6 Å². The maximum atomic E-state index is 14.3. The van der Waals surface area contributed by atoms with E-state index in [1.54, 1.807) is 33.6 Å². The first-order valence-corrected chi connectivity index (χ1v) is 12.2. The Kier molecular flexibility index (Phi) is 7.63. The summed E-state index contributed by atoms with van der Waals surface area (Å²) in [6.45, 7) is 7.78. The van der Waals surface area contributed by atoms with Crippen LogP contribution in [0.3, 0.4) is 0 Å². The lowest BCUT2D eigenvalue weighted by molar-refractivity contribution is 0.579. The van der Waals surface area contributed by atoms with Gasteiger partial charge in [-0.05, 0) is 64.2 Å². The fourth-order valence-corrected chi connectivity index (χ4v) is 4.64. The van der Waals surface area contributed by atoms with Crippen LogP contribution in [0.1, 0.15) is 33.9 Å². The number of thiocarbonyl (C=S) groups is 1. The summed E-state index contributed by atoms with van der Waals surface area (Å²) in [6, 6.07) is 9.17. The molecule has 2 heterocycles. The summed E-state index contributed by atoms with van der Waals surface area (Å²) < 4.78 is 31.9. The highest BCUT2D eigenvalue weighted by molar-refractivity contribution is 7.80. The number of anilines is 2. The molecule has 0 saturated heterocycles. The number of nitrogens with one attached hydrogen (secondary N) is 2. The largest absolute Gasteiger partial charge is 0.329 e. The number of nitrogens with zero attached hydrogens (tertiary/aromatic N) is 4. The van der Waals surface area contributed by atoms with Crippen LogP contribution >= 0.6 is 35.4 Å². The molecule has 0 aliphatic rings. The van der Waals surface area contributed by atoms with Crippen LogP contribution in [0.2, 0.25) is 10.0 Å². The van der Waals surface area contributed by atoms with E-state index in [4.69, 9.17) is 35.4 Å². The van der Waals surface area contributed by atoms with Crippen LogP contribution < -0.4 is 10.6 Å². The van der Waals surface area contributed by atoms with Crippen molar-refractivity contribution >= 4 is 51.9 Å². The van der Waals surface area contributed by atoms with Crippen LogP contribution in [-0.4, -0.2) is 24.7 Å². The summed E-state index contributed by atoms with van der Waals surface area (Å²) in [5, 5.41) is 16.4. The van der Waals surface area contributed by atoms with Crippen LogP contribution in [-0.2, 0) is 13.1 Å². The summed E-state index contributed by atoms with van der Waals surface area (Å²) >= 11 is 17.9. The van der Waals surface area contributed by atoms with E-state index >= 15 is 0 Å². The number of benzene rings is 2. The molecule has 0 spiro atoms. The molecule has 11 heteroatoms. The van der Waals surface area contributed by atoms with E-state index in [9.17, 15) is 8.78 Å². The third-order valence-electron chi connectivity index (χ3n) is 5.98. The zero-order chi connectivity index (χ0) is 26.1. The molecule has 36 heavy (non-hydrogen) atoms. The number of aryl methyl sites for hydroxylation is 2. The molecular formula is C25H24Cl2F2N6S. The van der Waals surface area contributed by atoms with Gasteiger partial charge in [-0.25, -0.2) is 8.78 Å². The minimum absolute atomic E-state index is 0.184. The lowest BCUT2D eigenvalue weighted by Crippen LogP contribution is -2.21. The monoisotopic (exact) mass is 548 g/mol. The highest BCUT2D eigenvalue weighted by atomic mass is 35.5. The maximum absolute atomic E-state index is 14.3. The summed E-state index contributed by atoms with van der Waals surface area (Å²) in [6.07, 6.45) is 0. The summed E-state index contributed by atoms with van der Waals surface area (Å²) in [7, 11) is 0. The SMILES string of the molecule is Cc1nn(Cc2c(F)cccc2Cl)c(C)c1NC(=S)Nc1c(C)nn(Cc2c(F)cccc2Cl)c1C. The van der Waals surface area contributed by atoms with Crippen LogP contribution in [0.25, 0.3) is 0 Å². The van der Waals surface area contributed by atoms with Crippen LogP contribution in [0, 0.1) is 39.3 Å². The molecule has 188 valence electrons. The molecule has 2 aromatic heterocycles. The molecule has 0 aliphatic heterocycles. The highest BCUT2D eigenvalue weighted by Gasteiger charge is 2.19. The smallest absolute Gasteiger partial charge is 0.175 e. The van der Waals surface area contributed by atoms with Gasteiger partial charge in [0.15, 0.2) is 5.11 Å². The van der Waals surface area contributed by atoms with Crippen molar-refractivity contribution in [3.05, 3.63) is 92.0 Å². The van der Waals surface area contributed by atoms with Crippen molar-refractivity contribution in [1.82, 2.24) is 19.6 Å². The van der Waals surface area contributed by atoms with Crippen molar-refractivity contribution in [3.8, 4) is 0 Å². The summed E-state index contributed by atoms with van der Waals surface area (Å²) in [5.41, 5.74) is 5.09. The highest BCUT2D eigenvalue weighted by Crippen LogP contribution is 2.27. The zero-order valence-electron chi connectivity index (χ0n) is 20.1.